The Morgan fingerprint density at radius 2 is 1.96 bits per heavy atom. The van der Waals surface area contributed by atoms with Crippen LogP contribution in [0.3, 0.4) is 0 Å². The van der Waals surface area contributed by atoms with Crippen LogP contribution >= 0.6 is 34.4 Å². The largest absolute Gasteiger partial charge is 0.462 e. The van der Waals surface area contributed by atoms with Crippen LogP contribution < -0.4 is 11.1 Å². The summed E-state index contributed by atoms with van der Waals surface area (Å²) in [4.78, 5) is 32.0. The van der Waals surface area contributed by atoms with Crippen molar-refractivity contribution in [1.82, 2.24) is 9.97 Å². The summed E-state index contributed by atoms with van der Waals surface area (Å²) >= 11 is 3.39. The summed E-state index contributed by atoms with van der Waals surface area (Å²) in [5, 5.41) is 3.23. The number of anilines is 2. The van der Waals surface area contributed by atoms with E-state index in [1.807, 2.05) is 26.0 Å². The molecule has 0 saturated heterocycles. The van der Waals surface area contributed by atoms with Gasteiger partial charge in [0.2, 0.25) is 5.91 Å². The fraction of sp³-hybridized carbons (Fsp3) is 0.294. The van der Waals surface area contributed by atoms with Crippen molar-refractivity contribution in [2.45, 2.75) is 25.9 Å². The van der Waals surface area contributed by atoms with Gasteiger partial charge in [0, 0.05) is 15.5 Å². The molecule has 0 aliphatic carbocycles. The van der Waals surface area contributed by atoms with Crippen molar-refractivity contribution in [2.75, 3.05) is 23.4 Å². The molecule has 1 heterocycles. The highest BCUT2D eigenvalue weighted by atomic mass is 127. The third-order valence-electron chi connectivity index (χ3n) is 3.39. The minimum Gasteiger partial charge on any atom is -0.462 e. The molecule has 2 aromatic rings. The van der Waals surface area contributed by atoms with E-state index in [2.05, 4.69) is 37.9 Å². The van der Waals surface area contributed by atoms with Crippen LogP contribution in [0.4, 0.5) is 11.5 Å². The van der Waals surface area contributed by atoms with Crippen LogP contribution in [0, 0.1) is 17.4 Å². The Kier molecular flexibility index (Phi) is 7.21. The first-order valence-corrected chi connectivity index (χ1v) is 9.87. The van der Waals surface area contributed by atoms with Crippen LogP contribution in [0.5, 0.6) is 0 Å². The highest BCUT2D eigenvalue weighted by molar-refractivity contribution is 14.1. The Balaban J connectivity index is 2.00. The zero-order valence-corrected chi connectivity index (χ0v) is 17.6. The zero-order chi connectivity index (χ0) is 19.3. The molecule has 9 heteroatoms. The second-order valence-corrected chi connectivity index (χ2v) is 7.61. The second-order valence-electron chi connectivity index (χ2n) is 5.42. The van der Waals surface area contributed by atoms with Crippen LogP contribution in [0.1, 0.15) is 28.4 Å². The topological polar surface area (TPSA) is 107 Å². The van der Waals surface area contributed by atoms with Crippen molar-refractivity contribution in [2.24, 2.45) is 0 Å². The number of nitrogens with two attached hydrogens (primary N) is 1. The van der Waals surface area contributed by atoms with E-state index in [1.165, 1.54) is 6.20 Å². The summed E-state index contributed by atoms with van der Waals surface area (Å²) < 4.78 is 5.99. The monoisotopic (exact) mass is 486 g/mol. The van der Waals surface area contributed by atoms with Crippen molar-refractivity contribution in [3.05, 3.63) is 38.6 Å². The van der Waals surface area contributed by atoms with Crippen LogP contribution in [0.25, 0.3) is 0 Å². The number of carbonyl (C=O) groups is 2. The summed E-state index contributed by atoms with van der Waals surface area (Å²) in [6.45, 7) is 5.85. The van der Waals surface area contributed by atoms with Gasteiger partial charge < -0.3 is 15.8 Å². The number of hydrogen-bond acceptors (Lipinski definition) is 7. The van der Waals surface area contributed by atoms with Gasteiger partial charge in [0.1, 0.15) is 11.4 Å². The van der Waals surface area contributed by atoms with E-state index >= 15 is 0 Å². The molecule has 7 nitrogen and oxygen atoms in total. The van der Waals surface area contributed by atoms with Gasteiger partial charge in [0.05, 0.1) is 12.4 Å². The van der Waals surface area contributed by atoms with Crippen molar-refractivity contribution in [3.8, 4) is 0 Å². The van der Waals surface area contributed by atoms with E-state index < -0.39 is 5.97 Å². The Morgan fingerprint density at radius 1 is 1.31 bits per heavy atom. The minimum atomic E-state index is -0.566. The van der Waals surface area contributed by atoms with Gasteiger partial charge in [0.15, 0.2) is 5.16 Å². The molecule has 0 bridgehead atoms. The summed E-state index contributed by atoms with van der Waals surface area (Å²) in [7, 11) is 0. The highest BCUT2D eigenvalue weighted by Crippen LogP contribution is 2.24. The van der Waals surface area contributed by atoms with E-state index in [1.54, 1.807) is 6.92 Å². The highest BCUT2D eigenvalue weighted by Gasteiger charge is 2.15. The number of nitrogen functional groups attached to an aromatic ring is 1. The normalized spacial score (nSPS) is 10.5. The predicted molar refractivity (Wildman–Crippen MR) is 110 cm³/mol. The summed E-state index contributed by atoms with van der Waals surface area (Å²) in [6, 6.07) is 4.02. The van der Waals surface area contributed by atoms with E-state index in [4.69, 9.17) is 10.5 Å². The number of aryl methyl sites for hydroxylation is 2. The first-order chi connectivity index (χ1) is 12.3. The van der Waals surface area contributed by atoms with Crippen LogP contribution in [0.2, 0.25) is 0 Å². The van der Waals surface area contributed by atoms with Gasteiger partial charge in [-0.3, -0.25) is 4.79 Å². The Labute approximate surface area is 169 Å². The number of ether oxygens (including phenoxy) is 1. The molecule has 26 heavy (non-hydrogen) atoms. The lowest BCUT2D eigenvalue weighted by atomic mass is 10.1. The summed E-state index contributed by atoms with van der Waals surface area (Å²) in [5.41, 5.74) is 8.71. The first kappa shape index (κ1) is 20.4. The molecule has 0 aliphatic heterocycles. The van der Waals surface area contributed by atoms with Gasteiger partial charge in [-0.2, -0.15) is 0 Å². The Hall–Kier alpha value is -1.88. The number of thioether (sulfide) groups is 1. The molecule has 3 N–H and O–H groups in total. The van der Waals surface area contributed by atoms with E-state index in [0.29, 0.717) is 5.16 Å². The van der Waals surface area contributed by atoms with Crippen molar-refractivity contribution in [1.29, 1.82) is 0 Å². The van der Waals surface area contributed by atoms with Crippen LogP contribution in [0.15, 0.2) is 23.5 Å². The summed E-state index contributed by atoms with van der Waals surface area (Å²) in [6.07, 6.45) is 1.31. The predicted octanol–water partition coefficient (Wildman–Crippen LogP) is 3.19. The maximum absolute atomic E-state index is 12.2. The van der Waals surface area contributed by atoms with Crippen molar-refractivity contribution < 1.29 is 14.3 Å². The van der Waals surface area contributed by atoms with Gasteiger partial charge in [-0.1, -0.05) is 11.8 Å². The lowest BCUT2D eigenvalue weighted by Crippen LogP contribution is -2.16. The number of hydrogen-bond donors (Lipinski definition) is 2. The standard InChI is InChI=1S/C17H19IN4O3S/c1-4-25-16(24)12-7-20-17(22-15(12)19)26-8-13(23)21-14-9(2)5-11(18)6-10(14)3/h5-7H,4,8H2,1-3H3,(H,21,23)(H2,19,20,22). The molecule has 1 aromatic carbocycles. The molecule has 2 rings (SSSR count). The minimum absolute atomic E-state index is 0.0330. The number of nitrogens with zero attached hydrogens (tertiary/aromatic N) is 2. The molecule has 0 aliphatic rings. The smallest absolute Gasteiger partial charge is 0.343 e. The SMILES string of the molecule is CCOC(=O)c1cnc(SCC(=O)Nc2c(C)cc(I)cc2C)nc1N. The lowest BCUT2D eigenvalue weighted by Gasteiger charge is -2.12. The lowest BCUT2D eigenvalue weighted by molar-refractivity contribution is -0.113. The van der Waals surface area contributed by atoms with Crippen LogP contribution in [-0.4, -0.2) is 34.2 Å². The van der Waals surface area contributed by atoms with Gasteiger partial charge >= 0.3 is 5.97 Å². The maximum atomic E-state index is 12.2. The van der Waals surface area contributed by atoms with E-state index in [9.17, 15) is 9.59 Å². The third-order valence-corrected chi connectivity index (χ3v) is 4.87. The average Bonchev–Trinajstić information content (AvgIpc) is 2.56. The van der Waals surface area contributed by atoms with Crippen molar-refractivity contribution >= 4 is 57.7 Å². The van der Waals surface area contributed by atoms with E-state index in [0.717, 1.165) is 32.1 Å². The van der Waals surface area contributed by atoms with Crippen LogP contribution in [-0.2, 0) is 9.53 Å². The number of carbonyl (C=O) groups excluding carboxylic acids is 2. The number of benzene rings is 1. The first-order valence-electron chi connectivity index (χ1n) is 7.80. The molecule has 0 unspecified atom stereocenters. The van der Waals surface area contributed by atoms with Crippen molar-refractivity contribution in [3.63, 3.8) is 0 Å². The molecule has 138 valence electrons. The van der Waals surface area contributed by atoms with Gasteiger partial charge in [0.25, 0.3) is 0 Å². The number of rotatable bonds is 6. The molecule has 0 saturated carbocycles. The quantitative estimate of drug-likeness (QED) is 0.280. The molecular formula is C17H19IN4O3S. The average molecular weight is 486 g/mol. The zero-order valence-electron chi connectivity index (χ0n) is 14.6. The molecular weight excluding hydrogens is 467 g/mol. The number of halogens is 1. The molecule has 0 fully saturated rings. The number of nitrogens with one attached hydrogen (secondary N) is 1. The third kappa shape index (κ3) is 5.31. The van der Waals surface area contributed by atoms with Gasteiger partial charge in [-0.05, 0) is 66.6 Å². The number of amides is 1. The molecule has 0 spiro atoms. The molecule has 0 atom stereocenters. The maximum Gasteiger partial charge on any atom is 0.343 e. The molecule has 1 amide bonds. The Morgan fingerprint density at radius 3 is 2.54 bits per heavy atom. The molecule has 0 radical (unpaired) electrons. The fourth-order valence-electron chi connectivity index (χ4n) is 2.23. The Bertz CT molecular complexity index is 822. The van der Waals surface area contributed by atoms with Gasteiger partial charge in [-0.15, -0.1) is 0 Å². The number of esters is 1. The van der Waals surface area contributed by atoms with Gasteiger partial charge in [-0.25, -0.2) is 14.8 Å². The van der Waals surface area contributed by atoms with E-state index in [-0.39, 0.29) is 29.6 Å². The summed E-state index contributed by atoms with van der Waals surface area (Å²) in [5.74, 6) is -0.572. The second kappa shape index (κ2) is 9.17. The number of aromatic nitrogens is 2. The fourth-order valence-corrected chi connectivity index (χ4v) is 3.78. The molecule has 1 aromatic heterocycles.